The Morgan fingerprint density at radius 3 is 2.45 bits per heavy atom. The minimum absolute atomic E-state index is 0.461. The standard InChI is InChI=1S/C18H28N2/c1-12-5-6-13(2)18(9-12)14(3)19-15-10-16-7-8-17(11-15)20(16)4/h5-6,9,14-17,19H,7-8,10-11H2,1-4H3. The summed E-state index contributed by atoms with van der Waals surface area (Å²) in [6.45, 7) is 6.73. The molecule has 1 N–H and O–H groups in total. The highest BCUT2D eigenvalue weighted by atomic mass is 15.2. The highest BCUT2D eigenvalue weighted by Crippen LogP contribution is 2.35. The minimum atomic E-state index is 0.461. The Morgan fingerprint density at radius 1 is 1.15 bits per heavy atom. The van der Waals surface area contributed by atoms with Crippen LogP contribution < -0.4 is 5.32 Å². The molecule has 1 aromatic carbocycles. The molecule has 0 spiro atoms. The van der Waals surface area contributed by atoms with Crippen LogP contribution in [0.15, 0.2) is 18.2 Å². The van der Waals surface area contributed by atoms with Crippen LogP contribution in [0.2, 0.25) is 0 Å². The lowest BCUT2D eigenvalue weighted by atomic mass is 9.94. The van der Waals surface area contributed by atoms with E-state index in [4.69, 9.17) is 0 Å². The van der Waals surface area contributed by atoms with E-state index in [1.807, 2.05) is 0 Å². The third-order valence-corrected chi connectivity index (χ3v) is 5.49. The van der Waals surface area contributed by atoms with E-state index in [9.17, 15) is 0 Å². The lowest BCUT2D eigenvalue weighted by Crippen LogP contribution is -2.47. The van der Waals surface area contributed by atoms with Gasteiger partial charge in [0.2, 0.25) is 0 Å². The molecule has 0 saturated carbocycles. The Balaban J connectivity index is 1.67. The first kappa shape index (κ1) is 14.1. The topological polar surface area (TPSA) is 15.3 Å². The largest absolute Gasteiger partial charge is 0.307 e. The van der Waals surface area contributed by atoms with E-state index >= 15 is 0 Å². The van der Waals surface area contributed by atoms with Gasteiger partial charge in [0.15, 0.2) is 0 Å². The first-order valence-corrected chi connectivity index (χ1v) is 8.09. The van der Waals surface area contributed by atoms with Crippen molar-refractivity contribution >= 4 is 0 Å². The maximum absolute atomic E-state index is 3.90. The number of nitrogens with zero attached hydrogens (tertiary/aromatic N) is 1. The molecule has 3 rings (SSSR count). The molecule has 110 valence electrons. The lowest BCUT2D eigenvalue weighted by molar-refractivity contribution is 0.144. The average Bonchev–Trinajstić information content (AvgIpc) is 2.64. The molecule has 3 unspecified atom stereocenters. The van der Waals surface area contributed by atoms with Crippen LogP contribution >= 0.6 is 0 Å². The number of rotatable bonds is 3. The Bertz CT molecular complexity index is 468. The number of aryl methyl sites for hydroxylation is 2. The third kappa shape index (κ3) is 2.64. The Kier molecular flexibility index (Phi) is 3.87. The van der Waals surface area contributed by atoms with Crippen LogP contribution in [0, 0.1) is 13.8 Å². The van der Waals surface area contributed by atoms with Gasteiger partial charge in [-0.1, -0.05) is 23.8 Å². The molecular weight excluding hydrogens is 244 g/mol. The smallest absolute Gasteiger partial charge is 0.0297 e. The fraction of sp³-hybridized carbons (Fsp3) is 0.667. The van der Waals surface area contributed by atoms with Gasteiger partial charge in [-0.2, -0.15) is 0 Å². The minimum Gasteiger partial charge on any atom is -0.307 e. The number of piperidine rings is 1. The van der Waals surface area contributed by atoms with E-state index < -0.39 is 0 Å². The molecule has 2 aliphatic rings. The van der Waals surface area contributed by atoms with Crippen molar-refractivity contribution in [2.75, 3.05) is 7.05 Å². The third-order valence-electron chi connectivity index (χ3n) is 5.49. The number of benzene rings is 1. The number of nitrogens with one attached hydrogen (secondary N) is 1. The van der Waals surface area contributed by atoms with E-state index in [2.05, 4.69) is 56.2 Å². The zero-order valence-electron chi connectivity index (χ0n) is 13.3. The van der Waals surface area contributed by atoms with Crippen molar-refractivity contribution in [1.82, 2.24) is 10.2 Å². The summed E-state index contributed by atoms with van der Waals surface area (Å²) in [6, 6.07) is 9.59. The second kappa shape index (κ2) is 5.50. The molecule has 0 amide bonds. The molecule has 0 aliphatic carbocycles. The van der Waals surface area contributed by atoms with Gasteiger partial charge in [0, 0.05) is 24.2 Å². The lowest BCUT2D eigenvalue weighted by Gasteiger charge is -2.38. The summed E-state index contributed by atoms with van der Waals surface area (Å²) >= 11 is 0. The Morgan fingerprint density at radius 2 is 1.80 bits per heavy atom. The fourth-order valence-electron chi connectivity index (χ4n) is 4.22. The first-order chi connectivity index (χ1) is 9.54. The van der Waals surface area contributed by atoms with Gasteiger partial charge in [0.1, 0.15) is 0 Å². The van der Waals surface area contributed by atoms with Crippen molar-refractivity contribution in [3.05, 3.63) is 34.9 Å². The zero-order chi connectivity index (χ0) is 14.3. The molecule has 2 aliphatic heterocycles. The van der Waals surface area contributed by atoms with Gasteiger partial charge in [-0.15, -0.1) is 0 Å². The van der Waals surface area contributed by atoms with E-state index in [1.165, 1.54) is 42.4 Å². The second-order valence-electron chi connectivity index (χ2n) is 6.97. The van der Waals surface area contributed by atoms with Crippen molar-refractivity contribution < 1.29 is 0 Å². The van der Waals surface area contributed by atoms with Crippen LogP contribution in [-0.2, 0) is 0 Å². The molecule has 2 saturated heterocycles. The van der Waals surface area contributed by atoms with Crippen molar-refractivity contribution in [2.45, 2.75) is 70.6 Å². The Labute approximate surface area is 123 Å². The summed E-state index contributed by atoms with van der Waals surface area (Å²) in [5.41, 5.74) is 4.24. The summed E-state index contributed by atoms with van der Waals surface area (Å²) in [5, 5.41) is 3.90. The summed E-state index contributed by atoms with van der Waals surface area (Å²) in [7, 11) is 2.31. The summed E-state index contributed by atoms with van der Waals surface area (Å²) < 4.78 is 0. The molecule has 0 radical (unpaired) electrons. The van der Waals surface area contributed by atoms with Gasteiger partial charge in [-0.25, -0.2) is 0 Å². The van der Waals surface area contributed by atoms with Gasteiger partial charge in [0.05, 0.1) is 0 Å². The highest BCUT2D eigenvalue weighted by molar-refractivity contribution is 5.32. The van der Waals surface area contributed by atoms with Crippen molar-refractivity contribution in [3.63, 3.8) is 0 Å². The van der Waals surface area contributed by atoms with Gasteiger partial charge in [-0.05, 0) is 64.6 Å². The number of hydrogen-bond acceptors (Lipinski definition) is 2. The first-order valence-electron chi connectivity index (χ1n) is 8.09. The quantitative estimate of drug-likeness (QED) is 0.905. The highest BCUT2D eigenvalue weighted by Gasteiger charge is 2.38. The molecule has 2 heterocycles. The van der Waals surface area contributed by atoms with E-state index in [0.29, 0.717) is 12.1 Å². The number of hydrogen-bond donors (Lipinski definition) is 1. The summed E-state index contributed by atoms with van der Waals surface area (Å²) in [6.07, 6.45) is 5.44. The van der Waals surface area contributed by atoms with Gasteiger partial charge < -0.3 is 10.2 Å². The SMILES string of the molecule is Cc1ccc(C)c(C(C)NC2CC3CCC(C2)N3C)c1. The van der Waals surface area contributed by atoms with Crippen LogP contribution in [0.25, 0.3) is 0 Å². The molecule has 2 fully saturated rings. The molecule has 20 heavy (non-hydrogen) atoms. The van der Waals surface area contributed by atoms with Gasteiger partial charge in [-0.3, -0.25) is 0 Å². The van der Waals surface area contributed by atoms with Crippen LogP contribution in [0.1, 0.15) is 55.3 Å². The van der Waals surface area contributed by atoms with Crippen molar-refractivity contribution in [3.8, 4) is 0 Å². The fourth-order valence-corrected chi connectivity index (χ4v) is 4.22. The maximum atomic E-state index is 3.90. The summed E-state index contributed by atoms with van der Waals surface area (Å²) in [4.78, 5) is 2.61. The average molecular weight is 272 g/mol. The van der Waals surface area contributed by atoms with Crippen LogP contribution in [0.4, 0.5) is 0 Å². The molecule has 1 aromatic rings. The van der Waals surface area contributed by atoms with Gasteiger partial charge >= 0.3 is 0 Å². The predicted octanol–water partition coefficient (Wildman–Crippen LogP) is 3.58. The van der Waals surface area contributed by atoms with Gasteiger partial charge in [0.25, 0.3) is 0 Å². The van der Waals surface area contributed by atoms with Crippen molar-refractivity contribution in [2.24, 2.45) is 0 Å². The Hall–Kier alpha value is -0.860. The van der Waals surface area contributed by atoms with Crippen LogP contribution in [-0.4, -0.2) is 30.1 Å². The van der Waals surface area contributed by atoms with E-state index in [0.717, 1.165) is 12.1 Å². The second-order valence-corrected chi connectivity index (χ2v) is 6.97. The zero-order valence-corrected chi connectivity index (χ0v) is 13.3. The molecule has 2 heteroatoms. The van der Waals surface area contributed by atoms with Crippen LogP contribution in [0.3, 0.4) is 0 Å². The molecule has 3 atom stereocenters. The molecule has 2 bridgehead atoms. The molecule has 0 aromatic heterocycles. The number of fused-ring (bicyclic) bond motifs is 2. The molecular formula is C18H28N2. The molecule has 2 nitrogen and oxygen atoms in total. The van der Waals surface area contributed by atoms with Crippen LogP contribution in [0.5, 0.6) is 0 Å². The maximum Gasteiger partial charge on any atom is 0.0297 e. The van der Waals surface area contributed by atoms with Crippen molar-refractivity contribution in [1.29, 1.82) is 0 Å². The predicted molar refractivity (Wildman–Crippen MR) is 85.1 cm³/mol. The van der Waals surface area contributed by atoms with E-state index in [1.54, 1.807) is 0 Å². The van der Waals surface area contributed by atoms with E-state index in [-0.39, 0.29) is 0 Å². The normalized spacial score (nSPS) is 31.5. The monoisotopic (exact) mass is 272 g/mol. The summed E-state index contributed by atoms with van der Waals surface area (Å²) in [5.74, 6) is 0.